The van der Waals surface area contributed by atoms with Crippen molar-refractivity contribution in [1.29, 1.82) is 0 Å². The van der Waals surface area contributed by atoms with Crippen molar-refractivity contribution in [2.45, 2.75) is 157 Å². The highest BCUT2D eigenvalue weighted by atomic mass is 16.2. The van der Waals surface area contributed by atoms with Crippen LogP contribution < -0.4 is 20.4 Å². The van der Waals surface area contributed by atoms with E-state index in [4.69, 9.17) is 0 Å². The predicted octanol–water partition coefficient (Wildman–Crippen LogP) is 12.8. The molecule has 2 aromatic carbocycles. The zero-order valence-corrected chi connectivity index (χ0v) is 38.0. The van der Waals surface area contributed by atoms with Crippen LogP contribution in [0.1, 0.15) is 145 Å². The predicted molar refractivity (Wildman–Crippen MR) is 247 cm³/mol. The molecule has 0 saturated heterocycles. The van der Waals surface area contributed by atoms with Gasteiger partial charge in [-0.05, 0) is 135 Å². The molecule has 2 aromatic rings. The van der Waals surface area contributed by atoms with Crippen molar-refractivity contribution >= 4 is 34.8 Å². The molecule has 0 bridgehead atoms. The Morgan fingerprint density at radius 2 is 0.759 bits per heavy atom. The molecule has 2 N–H and O–H groups in total. The summed E-state index contributed by atoms with van der Waals surface area (Å²) in [6, 6.07) is 17.8. The van der Waals surface area contributed by atoms with E-state index in [-0.39, 0.29) is 12.1 Å². The van der Waals surface area contributed by atoms with Gasteiger partial charge in [-0.25, -0.2) is 9.59 Å². The Morgan fingerprint density at radius 1 is 0.466 bits per heavy atom. The number of amides is 4. The van der Waals surface area contributed by atoms with E-state index in [1.807, 2.05) is 0 Å². The number of nitrogens with zero attached hydrogens (tertiary/aromatic N) is 4. The van der Waals surface area contributed by atoms with Crippen LogP contribution in [0.3, 0.4) is 0 Å². The summed E-state index contributed by atoms with van der Waals surface area (Å²) in [6.07, 6.45) is 16.2. The van der Waals surface area contributed by atoms with Crippen LogP contribution in [-0.2, 0) is 0 Å². The minimum absolute atomic E-state index is 0.0590. The molecule has 0 heterocycles. The summed E-state index contributed by atoms with van der Waals surface area (Å²) < 4.78 is 0. The molecule has 5 rings (SSSR count). The van der Waals surface area contributed by atoms with Crippen LogP contribution in [0.4, 0.5) is 32.3 Å². The fourth-order valence-electron chi connectivity index (χ4n) is 9.97. The molecule has 58 heavy (non-hydrogen) atoms. The van der Waals surface area contributed by atoms with Gasteiger partial charge in [-0.2, -0.15) is 0 Å². The maximum atomic E-state index is 14.1. The van der Waals surface area contributed by atoms with E-state index in [1.54, 1.807) is 0 Å². The third-order valence-corrected chi connectivity index (χ3v) is 12.7. The molecule has 8 heteroatoms. The second-order valence-corrected chi connectivity index (χ2v) is 20.1. The van der Waals surface area contributed by atoms with Crippen LogP contribution in [0.25, 0.3) is 0 Å². The monoisotopic (exact) mass is 799 g/mol. The number of carbonyl (C=O) groups excluding carboxylic acids is 2. The summed E-state index contributed by atoms with van der Waals surface area (Å²) in [7, 11) is 0. The molecule has 4 amide bonds. The highest BCUT2D eigenvalue weighted by Gasteiger charge is 2.33. The third-order valence-electron chi connectivity index (χ3n) is 12.7. The van der Waals surface area contributed by atoms with Gasteiger partial charge in [-0.15, -0.1) is 0 Å². The van der Waals surface area contributed by atoms with Gasteiger partial charge >= 0.3 is 12.1 Å². The second-order valence-electron chi connectivity index (χ2n) is 20.1. The van der Waals surface area contributed by atoms with Gasteiger partial charge in [0.05, 0.1) is 0 Å². The van der Waals surface area contributed by atoms with Crippen molar-refractivity contribution in [2.75, 3.05) is 59.7 Å². The lowest BCUT2D eigenvalue weighted by molar-refractivity contribution is 0.117. The number of nitrogens with one attached hydrogen (secondary N) is 2. The first-order chi connectivity index (χ1) is 27.8. The van der Waals surface area contributed by atoms with E-state index in [0.717, 1.165) is 102 Å². The molecule has 0 aromatic heterocycles. The highest BCUT2D eigenvalue weighted by molar-refractivity contribution is 5.90. The Morgan fingerprint density at radius 3 is 1.03 bits per heavy atom. The Balaban J connectivity index is 1.19. The molecular formula is C50H82N6O2. The molecule has 0 spiro atoms. The van der Waals surface area contributed by atoms with Crippen molar-refractivity contribution in [2.24, 2.45) is 35.5 Å². The van der Waals surface area contributed by atoms with E-state index in [1.165, 1.54) is 49.9 Å². The molecular weight excluding hydrogens is 717 g/mol. The number of hydrogen-bond donors (Lipinski definition) is 2. The average Bonchev–Trinajstić information content (AvgIpc) is 3.19. The molecule has 3 aliphatic rings. The lowest BCUT2D eigenvalue weighted by Crippen LogP contribution is -2.48. The van der Waals surface area contributed by atoms with Gasteiger partial charge in [0.15, 0.2) is 0 Å². The fraction of sp³-hybridized carbons (Fsp3) is 0.720. The molecule has 8 nitrogen and oxygen atoms in total. The van der Waals surface area contributed by atoms with Crippen molar-refractivity contribution in [1.82, 2.24) is 9.80 Å². The number of hydrogen-bond acceptors (Lipinski definition) is 4. The Hall–Kier alpha value is -3.42. The van der Waals surface area contributed by atoms with Gasteiger partial charge in [0.2, 0.25) is 0 Å². The third kappa shape index (κ3) is 14.4. The van der Waals surface area contributed by atoms with Gasteiger partial charge in [0.25, 0.3) is 0 Å². The van der Waals surface area contributed by atoms with E-state index in [2.05, 4.69) is 134 Å². The van der Waals surface area contributed by atoms with Gasteiger partial charge in [0, 0.05) is 74.1 Å². The van der Waals surface area contributed by atoms with Crippen molar-refractivity contribution in [3.63, 3.8) is 0 Å². The molecule has 3 fully saturated rings. The van der Waals surface area contributed by atoms with Crippen LogP contribution in [0.2, 0.25) is 0 Å². The van der Waals surface area contributed by atoms with Gasteiger partial charge in [0.1, 0.15) is 0 Å². The first-order valence-corrected chi connectivity index (χ1v) is 23.7. The minimum Gasteiger partial charge on any atom is -0.371 e. The average molecular weight is 799 g/mol. The van der Waals surface area contributed by atoms with E-state index in [9.17, 15) is 9.59 Å². The number of benzene rings is 2. The standard InChI is InChI=1S/C50H82N6O2/c1-37(2)31-53(32-38(3)4)45-27-23-43(24-28-45)51-49(57)55(47-15-11-9-12-16-47)35-41-19-21-42(22-20-41)36-56(48-17-13-10-14-18-48)50(58)52-44-25-29-46(30-26-44)54(33-39(5)6)34-40(7)8/h23-30,37-42,47-48H,9-22,31-36H2,1-8H3,(H,51,57)(H,52,58). The first-order valence-electron chi connectivity index (χ1n) is 23.7. The maximum Gasteiger partial charge on any atom is 0.322 e. The van der Waals surface area contributed by atoms with Gasteiger partial charge < -0.3 is 30.2 Å². The summed E-state index contributed by atoms with van der Waals surface area (Å²) in [6.45, 7) is 23.9. The molecule has 0 radical (unpaired) electrons. The van der Waals surface area contributed by atoms with Crippen molar-refractivity contribution in [3.8, 4) is 0 Å². The van der Waals surface area contributed by atoms with Gasteiger partial charge in [-0.3, -0.25) is 0 Å². The van der Waals surface area contributed by atoms with Crippen LogP contribution in [-0.4, -0.2) is 73.2 Å². The Bertz CT molecular complexity index is 1350. The summed E-state index contributed by atoms with van der Waals surface area (Å²) in [5.41, 5.74) is 4.20. The second kappa shape index (κ2) is 22.8. The summed E-state index contributed by atoms with van der Waals surface area (Å²) >= 11 is 0. The highest BCUT2D eigenvalue weighted by Crippen LogP contribution is 2.34. The Kier molecular flexibility index (Phi) is 18.0. The zero-order chi connectivity index (χ0) is 41.6. The Labute approximate surface area is 354 Å². The molecule has 0 unspecified atom stereocenters. The molecule has 3 aliphatic carbocycles. The number of rotatable bonds is 18. The normalized spacial score (nSPS) is 19.4. The summed E-state index contributed by atoms with van der Waals surface area (Å²) in [4.78, 5) is 37.5. The SMILES string of the molecule is CC(C)CN(CC(C)C)c1ccc(NC(=O)N(CC2CCC(CN(C(=O)Nc3ccc(N(CC(C)C)CC(C)C)cc3)C3CCCCC3)CC2)C2CCCCC2)cc1. The van der Waals surface area contributed by atoms with Crippen LogP contribution >= 0.6 is 0 Å². The lowest BCUT2D eigenvalue weighted by Gasteiger charge is -2.40. The van der Waals surface area contributed by atoms with Crippen LogP contribution in [0, 0.1) is 35.5 Å². The number of carbonyl (C=O) groups is 2. The summed E-state index contributed by atoms with van der Waals surface area (Å²) in [5.74, 6) is 3.33. The summed E-state index contributed by atoms with van der Waals surface area (Å²) in [5, 5.41) is 6.64. The smallest absolute Gasteiger partial charge is 0.322 e. The largest absolute Gasteiger partial charge is 0.371 e. The van der Waals surface area contributed by atoms with E-state index < -0.39 is 0 Å². The van der Waals surface area contributed by atoms with Crippen LogP contribution in [0.5, 0.6) is 0 Å². The topological polar surface area (TPSA) is 71.2 Å². The first kappa shape index (κ1) is 45.7. The lowest BCUT2D eigenvalue weighted by atomic mass is 9.80. The fourth-order valence-corrected chi connectivity index (χ4v) is 9.97. The number of urea groups is 2. The zero-order valence-electron chi connectivity index (χ0n) is 38.0. The molecule has 3 saturated carbocycles. The van der Waals surface area contributed by atoms with Crippen molar-refractivity contribution in [3.05, 3.63) is 48.5 Å². The molecule has 0 atom stereocenters. The number of anilines is 4. The van der Waals surface area contributed by atoms with Crippen molar-refractivity contribution < 1.29 is 9.59 Å². The van der Waals surface area contributed by atoms with E-state index >= 15 is 0 Å². The quantitative estimate of drug-likeness (QED) is 0.158. The minimum atomic E-state index is 0.0590. The van der Waals surface area contributed by atoms with Crippen LogP contribution in [0.15, 0.2) is 48.5 Å². The van der Waals surface area contributed by atoms with Gasteiger partial charge in [-0.1, -0.05) is 93.9 Å². The maximum absolute atomic E-state index is 14.1. The molecule has 0 aliphatic heterocycles. The molecule has 324 valence electrons. The van der Waals surface area contributed by atoms with E-state index in [0.29, 0.717) is 47.6 Å².